The molecule has 8 heteroatoms. The summed E-state index contributed by atoms with van der Waals surface area (Å²) in [6.07, 6.45) is 1.61. The Kier molecular flexibility index (Phi) is 6.12. The highest BCUT2D eigenvalue weighted by Gasteiger charge is 2.13. The first-order valence-electron chi connectivity index (χ1n) is 10.3. The fraction of sp³-hybridized carbons (Fsp3) is 0.167. The molecule has 162 valence electrons. The van der Waals surface area contributed by atoms with Crippen LogP contribution in [-0.4, -0.2) is 38.7 Å². The summed E-state index contributed by atoms with van der Waals surface area (Å²) in [5.74, 6) is 0.414. The monoisotopic (exact) mass is 428 g/mol. The molecule has 4 aromatic rings. The number of para-hydroxylation sites is 1. The molecule has 1 amide bonds. The fourth-order valence-electron chi connectivity index (χ4n) is 3.35. The van der Waals surface area contributed by atoms with Crippen LogP contribution >= 0.6 is 0 Å². The molecular weight excluding hydrogens is 404 g/mol. The summed E-state index contributed by atoms with van der Waals surface area (Å²) < 4.78 is 7.31. The van der Waals surface area contributed by atoms with Crippen molar-refractivity contribution < 1.29 is 9.53 Å². The Morgan fingerprint density at radius 2 is 1.91 bits per heavy atom. The van der Waals surface area contributed by atoms with E-state index in [-0.39, 0.29) is 5.91 Å². The summed E-state index contributed by atoms with van der Waals surface area (Å²) in [6, 6.07) is 19.1. The minimum atomic E-state index is -0.378. The average molecular weight is 428 g/mol. The SMILES string of the molecule is CCOc1ccc(-c2cc(C(=O)NN=Cc3c(C)nn(-c4ccccc4)c3C)[nH]n2)cc1. The van der Waals surface area contributed by atoms with Gasteiger partial charge in [-0.15, -0.1) is 0 Å². The van der Waals surface area contributed by atoms with Crippen LogP contribution in [0.2, 0.25) is 0 Å². The summed E-state index contributed by atoms with van der Waals surface area (Å²) >= 11 is 0. The molecule has 0 aliphatic rings. The zero-order valence-corrected chi connectivity index (χ0v) is 18.2. The second kappa shape index (κ2) is 9.30. The summed E-state index contributed by atoms with van der Waals surface area (Å²) in [5.41, 5.74) is 7.99. The van der Waals surface area contributed by atoms with Gasteiger partial charge in [0.25, 0.3) is 5.91 Å². The van der Waals surface area contributed by atoms with Crippen LogP contribution in [0.1, 0.15) is 34.4 Å². The number of hydrogen-bond acceptors (Lipinski definition) is 5. The Balaban J connectivity index is 1.44. The Hall–Kier alpha value is -4.20. The molecule has 4 rings (SSSR count). The normalized spacial score (nSPS) is 11.1. The van der Waals surface area contributed by atoms with Crippen LogP contribution < -0.4 is 10.2 Å². The van der Waals surface area contributed by atoms with Crippen LogP contribution in [0, 0.1) is 13.8 Å². The number of ether oxygens (including phenoxy) is 1. The van der Waals surface area contributed by atoms with Gasteiger partial charge >= 0.3 is 0 Å². The minimum Gasteiger partial charge on any atom is -0.494 e. The van der Waals surface area contributed by atoms with Crippen molar-refractivity contribution in [1.82, 2.24) is 25.4 Å². The van der Waals surface area contributed by atoms with E-state index in [9.17, 15) is 4.79 Å². The molecule has 2 N–H and O–H groups in total. The highest BCUT2D eigenvalue weighted by molar-refractivity contribution is 5.94. The lowest BCUT2D eigenvalue weighted by Crippen LogP contribution is -2.18. The number of aromatic nitrogens is 4. The lowest BCUT2D eigenvalue weighted by atomic mass is 10.1. The van der Waals surface area contributed by atoms with Gasteiger partial charge in [0, 0.05) is 11.1 Å². The number of carbonyl (C=O) groups is 1. The van der Waals surface area contributed by atoms with Gasteiger partial charge in [-0.2, -0.15) is 15.3 Å². The number of carbonyl (C=O) groups excluding carboxylic acids is 1. The van der Waals surface area contributed by atoms with Gasteiger partial charge in [0.15, 0.2) is 0 Å². The number of hydrazone groups is 1. The molecule has 0 bridgehead atoms. The second-order valence-corrected chi connectivity index (χ2v) is 7.16. The summed E-state index contributed by atoms with van der Waals surface area (Å²) in [6.45, 7) is 6.42. The van der Waals surface area contributed by atoms with Crippen molar-refractivity contribution in [3.63, 3.8) is 0 Å². The van der Waals surface area contributed by atoms with Crippen LogP contribution in [0.5, 0.6) is 5.75 Å². The van der Waals surface area contributed by atoms with Crippen LogP contribution in [-0.2, 0) is 0 Å². The Labute approximate surface area is 185 Å². The van der Waals surface area contributed by atoms with Gasteiger partial charge in [0.2, 0.25) is 0 Å². The highest BCUT2D eigenvalue weighted by Crippen LogP contribution is 2.21. The van der Waals surface area contributed by atoms with Crippen LogP contribution in [0.3, 0.4) is 0 Å². The second-order valence-electron chi connectivity index (χ2n) is 7.16. The molecule has 2 aromatic heterocycles. The molecule has 2 aromatic carbocycles. The number of nitrogens with zero attached hydrogens (tertiary/aromatic N) is 4. The molecule has 2 heterocycles. The minimum absolute atomic E-state index is 0.319. The molecule has 0 saturated carbocycles. The topological polar surface area (TPSA) is 97.2 Å². The van der Waals surface area contributed by atoms with Crippen molar-refractivity contribution in [2.45, 2.75) is 20.8 Å². The fourth-order valence-corrected chi connectivity index (χ4v) is 3.35. The number of nitrogens with one attached hydrogen (secondary N) is 2. The summed E-state index contributed by atoms with van der Waals surface area (Å²) in [4.78, 5) is 12.5. The van der Waals surface area contributed by atoms with E-state index in [4.69, 9.17) is 4.74 Å². The average Bonchev–Trinajstić information content (AvgIpc) is 3.41. The number of H-pyrrole nitrogens is 1. The predicted octanol–water partition coefficient (Wildman–Crippen LogP) is 4.04. The third-order valence-corrected chi connectivity index (χ3v) is 4.99. The largest absolute Gasteiger partial charge is 0.494 e. The van der Waals surface area contributed by atoms with E-state index < -0.39 is 0 Å². The standard InChI is InChI=1S/C24H24N6O2/c1-4-32-20-12-10-18(11-13-20)22-14-23(27-26-22)24(31)28-25-15-21-16(2)29-30(17(21)3)19-8-6-5-7-9-19/h5-15H,4H2,1-3H3,(H,26,27)(H,28,31). The number of rotatable bonds is 7. The summed E-state index contributed by atoms with van der Waals surface area (Å²) in [5, 5.41) is 15.7. The van der Waals surface area contributed by atoms with Crippen LogP contribution in [0.25, 0.3) is 16.9 Å². The van der Waals surface area contributed by atoms with Gasteiger partial charge in [-0.05, 0) is 63.2 Å². The quantitative estimate of drug-likeness (QED) is 0.343. The van der Waals surface area contributed by atoms with Crippen LogP contribution in [0.15, 0.2) is 65.8 Å². The molecule has 0 aliphatic carbocycles. The third kappa shape index (κ3) is 4.44. The molecule has 8 nitrogen and oxygen atoms in total. The Morgan fingerprint density at radius 1 is 1.16 bits per heavy atom. The van der Waals surface area contributed by atoms with E-state index in [1.165, 1.54) is 0 Å². The van der Waals surface area contributed by atoms with E-state index in [0.717, 1.165) is 34.0 Å². The molecule has 0 radical (unpaired) electrons. The number of aryl methyl sites for hydroxylation is 1. The van der Waals surface area contributed by atoms with E-state index in [1.54, 1.807) is 12.3 Å². The maximum Gasteiger partial charge on any atom is 0.289 e. The summed E-state index contributed by atoms with van der Waals surface area (Å²) in [7, 11) is 0. The van der Waals surface area contributed by atoms with Crippen molar-refractivity contribution >= 4 is 12.1 Å². The smallest absolute Gasteiger partial charge is 0.289 e. The van der Waals surface area contributed by atoms with E-state index >= 15 is 0 Å². The molecule has 0 unspecified atom stereocenters. The van der Waals surface area contributed by atoms with E-state index in [2.05, 4.69) is 25.8 Å². The van der Waals surface area contributed by atoms with Crippen molar-refractivity contribution in [3.05, 3.63) is 83.3 Å². The number of hydrogen-bond donors (Lipinski definition) is 2. The highest BCUT2D eigenvalue weighted by atomic mass is 16.5. The maximum absolute atomic E-state index is 12.5. The number of benzene rings is 2. The van der Waals surface area contributed by atoms with Crippen molar-refractivity contribution in [2.75, 3.05) is 6.61 Å². The molecule has 0 aliphatic heterocycles. The first kappa shape index (κ1) is 21.0. The van der Waals surface area contributed by atoms with E-state index in [1.807, 2.05) is 80.1 Å². The van der Waals surface area contributed by atoms with Gasteiger partial charge in [-0.1, -0.05) is 18.2 Å². The molecular formula is C24H24N6O2. The van der Waals surface area contributed by atoms with Crippen LogP contribution in [0.4, 0.5) is 0 Å². The third-order valence-electron chi connectivity index (χ3n) is 4.99. The molecule has 0 saturated heterocycles. The molecule has 0 fully saturated rings. The number of aromatic amines is 1. The zero-order valence-electron chi connectivity index (χ0n) is 18.2. The van der Waals surface area contributed by atoms with Crippen molar-refractivity contribution in [2.24, 2.45) is 5.10 Å². The lowest BCUT2D eigenvalue weighted by molar-refractivity contribution is 0.0950. The molecule has 32 heavy (non-hydrogen) atoms. The Morgan fingerprint density at radius 3 is 2.62 bits per heavy atom. The maximum atomic E-state index is 12.5. The molecule has 0 spiro atoms. The first-order chi connectivity index (χ1) is 15.6. The number of amides is 1. The lowest BCUT2D eigenvalue weighted by Gasteiger charge is -2.03. The van der Waals surface area contributed by atoms with Gasteiger partial charge in [0.05, 0.1) is 35.6 Å². The van der Waals surface area contributed by atoms with Crippen molar-refractivity contribution in [3.8, 4) is 22.7 Å². The van der Waals surface area contributed by atoms with Gasteiger partial charge in [-0.3, -0.25) is 9.89 Å². The van der Waals surface area contributed by atoms with Gasteiger partial charge in [0.1, 0.15) is 11.4 Å². The Bertz CT molecular complexity index is 1240. The zero-order chi connectivity index (χ0) is 22.5. The van der Waals surface area contributed by atoms with Gasteiger partial charge in [-0.25, -0.2) is 10.1 Å². The van der Waals surface area contributed by atoms with Gasteiger partial charge < -0.3 is 4.74 Å². The van der Waals surface area contributed by atoms with Crippen molar-refractivity contribution in [1.29, 1.82) is 0 Å². The molecule has 0 atom stereocenters. The van der Waals surface area contributed by atoms with E-state index in [0.29, 0.717) is 18.0 Å². The predicted molar refractivity (Wildman–Crippen MR) is 123 cm³/mol. The first-order valence-corrected chi connectivity index (χ1v) is 10.3.